The van der Waals surface area contributed by atoms with Crippen LogP contribution in [0.25, 0.3) is 0 Å². The van der Waals surface area contributed by atoms with Crippen molar-refractivity contribution in [1.82, 2.24) is 0 Å². The Morgan fingerprint density at radius 1 is 1.08 bits per heavy atom. The third-order valence-corrected chi connectivity index (χ3v) is 9.77. The quantitative estimate of drug-likeness (QED) is 0.172. The molecule has 7 nitrogen and oxygen atoms in total. The number of carbonyl (C=O) groups is 2. The summed E-state index contributed by atoms with van der Waals surface area (Å²) in [6.07, 6.45) is 4.32. The lowest BCUT2D eigenvalue weighted by Crippen LogP contribution is -2.60. The summed E-state index contributed by atoms with van der Waals surface area (Å²) in [7, 11) is -4.67. The predicted molar refractivity (Wildman–Crippen MR) is 143 cm³/mol. The minimum Gasteiger partial charge on any atom is -0.744 e. The molecule has 0 spiro atoms. The van der Waals surface area contributed by atoms with E-state index in [0.717, 1.165) is 22.8 Å². The molecule has 0 heterocycles. The summed E-state index contributed by atoms with van der Waals surface area (Å²) in [6.45, 7) is 5.21. The van der Waals surface area contributed by atoms with E-state index in [1.807, 2.05) is 12.1 Å². The molecule has 198 valence electrons. The van der Waals surface area contributed by atoms with Gasteiger partial charge in [-0.3, -0.25) is 4.79 Å². The second-order valence-electron chi connectivity index (χ2n) is 11.5. The number of ether oxygens (including phenoxy) is 2. The highest BCUT2D eigenvalue weighted by Crippen LogP contribution is 2.63. The largest absolute Gasteiger partial charge is 0.744 e. The van der Waals surface area contributed by atoms with Crippen LogP contribution in [-0.4, -0.2) is 30.5 Å². The van der Waals surface area contributed by atoms with E-state index in [4.69, 9.17) is 9.47 Å². The average molecular weight is 638 g/mol. The van der Waals surface area contributed by atoms with Crippen LogP contribution in [0.15, 0.2) is 41.3 Å². The minimum absolute atomic E-state index is 0.250. The maximum absolute atomic E-state index is 13.8. The van der Waals surface area contributed by atoms with Crippen molar-refractivity contribution in [2.45, 2.75) is 75.7 Å². The van der Waals surface area contributed by atoms with Gasteiger partial charge in [0.2, 0.25) is 0 Å². The number of esters is 2. The smallest absolute Gasteiger partial charge is 0.338 e. The Kier molecular flexibility index (Phi) is 6.72. The molecule has 2 aromatic carbocycles. The number of carbonyl (C=O) groups excluding carboxylic acids is 2. The Hall–Kier alpha value is -1.98. The first kappa shape index (κ1) is 26.6. The molecule has 0 amide bonds. The fraction of sp³-hybridized carbons (Fsp3) is 0.500. The van der Waals surface area contributed by atoms with E-state index in [1.54, 1.807) is 32.9 Å². The molecule has 0 saturated heterocycles. The summed E-state index contributed by atoms with van der Waals surface area (Å²) in [5, 5.41) is 0. The Morgan fingerprint density at radius 3 is 2.35 bits per heavy atom. The second kappa shape index (κ2) is 9.34. The SMILES string of the molecule is Cc1cc(S(=O)(=O)[O-])c(C(C)C)cc1OC(=O)C12CC3CC(CC(OC(=O)c4cccc(I)c4)(C3)C1)C2. The number of benzene rings is 2. The zero-order chi connectivity index (χ0) is 26.8. The molecule has 0 aromatic heterocycles. The van der Waals surface area contributed by atoms with Crippen LogP contribution in [-0.2, 0) is 19.6 Å². The number of halogens is 1. The average Bonchev–Trinajstić information content (AvgIpc) is 2.78. The molecule has 2 atom stereocenters. The highest BCUT2D eigenvalue weighted by molar-refractivity contribution is 14.1. The zero-order valence-electron chi connectivity index (χ0n) is 21.1. The molecule has 4 aliphatic rings. The first-order valence-electron chi connectivity index (χ1n) is 12.6. The molecule has 4 saturated carbocycles. The topological polar surface area (TPSA) is 110 Å². The fourth-order valence-electron chi connectivity index (χ4n) is 7.07. The van der Waals surface area contributed by atoms with Gasteiger partial charge in [-0.1, -0.05) is 19.9 Å². The summed E-state index contributed by atoms with van der Waals surface area (Å²) < 4.78 is 48.5. The lowest BCUT2D eigenvalue weighted by atomic mass is 9.48. The van der Waals surface area contributed by atoms with Crippen molar-refractivity contribution in [3.8, 4) is 5.75 Å². The summed E-state index contributed by atoms with van der Waals surface area (Å²) in [6, 6.07) is 10.1. The molecule has 0 N–H and O–H groups in total. The molecule has 2 unspecified atom stereocenters. The number of rotatable bonds is 6. The fourth-order valence-corrected chi connectivity index (χ4v) is 8.52. The van der Waals surface area contributed by atoms with E-state index in [0.29, 0.717) is 36.0 Å². The zero-order valence-corrected chi connectivity index (χ0v) is 24.1. The molecule has 9 heteroatoms. The lowest BCUT2D eigenvalue weighted by Gasteiger charge is -2.59. The third kappa shape index (κ3) is 5.06. The molecular weight excluding hydrogens is 607 g/mol. The van der Waals surface area contributed by atoms with Gasteiger partial charge in [0.15, 0.2) is 0 Å². The van der Waals surface area contributed by atoms with E-state index in [1.165, 1.54) is 12.1 Å². The van der Waals surface area contributed by atoms with Crippen molar-refractivity contribution in [2.24, 2.45) is 17.3 Å². The molecule has 0 aliphatic heterocycles. The van der Waals surface area contributed by atoms with Crippen LogP contribution < -0.4 is 4.74 Å². The van der Waals surface area contributed by atoms with Crippen LogP contribution in [0.2, 0.25) is 0 Å². The maximum atomic E-state index is 13.8. The van der Waals surface area contributed by atoms with Crippen LogP contribution in [0, 0.1) is 27.7 Å². The maximum Gasteiger partial charge on any atom is 0.338 e. The highest BCUT2D eigenvalue weighted by atomic mass is 127. The summed E-state index contributed by atoms with van der Waals surface area (Å²) in [5.74, 6) is -0.167. The van der Waals surface area contributed by atoms with Crippen molar-refractivity contribution >= 4 is 44.6 Å². The van der Waals surface area contributed by atoms with Crippen molar-refractivity contribution in [1.29, 1.82) is 0 Å². The van der Waals surface area contributed by atoms with Gasteiger partial charge in [0.25, 0.3) is 0 Å². The van der Waals surface area contributed by atoms with Crippen LogP contribution in [0.1, 0.15) is 79.8 Å². The summed E-state index contributed by atoms with van der Waals surface area (Å²) in [4.78, 5) is 26.6. The number of hydrogen-bond acceptors (Lipinski definition) is 7. The first-order chi connectivity index (χ1) is 17.3. The molecule has 2 aromatic rings. The normalized spacial score (nSPS) is 28.4. The van der Waals surface area contributed by atoms with Gasteiger partial charge in [0, 0.05) is 9.99 Å². The van der Waals surface area contributed by atoms with Crippen LogP contribution >= 0.6 is 22.6 Å². The minimum atomic E-state index is -4.67. The van der Waals surface area contributed by atoms with Gasteiger partial charge in [-0.2, -0.15) is 0 Å². The van der Waals surface area contributed by atoms with Crippen LogP contribution in [0.3, 0.4) is 0 Å². The Bertz CT molecular complexity index is 1370. The van der Waals surface area contributed by atoms with E-state index < -0.39 is 21.1 Å². The molecule has 0 radical (unpaired) electrons. The predicted octanol–water partition coefficient (Wildman–Crippen LogP) is 5.73. The van der Waals surface area contributed by atoms with Crippen molar-refractivity contribution in [2.75, 3.05) is 0 Å². The first-order valence-corrected chi connectivity index (χ1v) is 15.1. The second-order valence-corrected chi connectivity index (χ2v) is 14.1. The van der Waals surface area contributed by atoms with Crippen LogP contribution in [0.5, 0.6) is 5.75 Å². The van der Waals surface area contributed by atoms with Gasteiger partial charge in [-0.05, 0) is 121 Å². The van der Waals surface area contributed by atoms with Gasteiger partial charge in [-0.15, -0.1) is 0 Å². The molecule has 4 aliphatic carbocycles. The lowest BCUT2D eigenvalue weighted by molar-refractivity contribution is -0.189. The molecule has 6 rings (SSSR count). The van der Waals surface area contributed by atoms with E-state index in [9.17, 15) is 22.6 Å². The summed E-state index contributed by atoms with van der Waals surface area (Å²) >= 11 is 2.16. The third-order valence-electron chi connectivity index (χ3n) is 8.21. The van der Waals surface area contributed by atoms with E-state index in [-0.39, 0.29) is 40.3 Å². The summed E-state index contributed by atoms with van der Waals surface area (Å²) in [5.41, 5.74) is -0.207. The van der Waals surface area contributed by atoms with Crippen molar-refractivity contribution in [3.05, 3.63) is 56.7 Å². The number of hydrogen-bond donors (Lipinski definition) is 0. The highest BCUT2D eigenvalue weighted by Gasteiger charge is 2.63. The van der Waals surface area contributed by atoms with Crippen molar-refractivity contribution < 1.29 is 32.0 Å². The standard InChI is InChI=1S/C28H31IO7S/c1-16(2)22-10-23(17(3)7-24(22)37(32,33)34)35-26(31)27-11-18-8-19(12-27)14-28(13-18,15-27)36-25(30)20-5-4-6-21(29)9-20/h4-7,9-10,16,18-19H,8,11-15H2,1-3H3,(H,32,33,34)/p-1. The Labute approximate surface area is 231 Å². The van der Waals surface area contributed by atoms with Gasteiger partial charge in [-0.25, -0.2) is 13.2 Å². The van der Waals surface area contributed by atoms with Gasteiger partial charge in [0.1, 0.15) is 21.5 Å². The van der Waals surface area contributed by atoms with Gasteiger partial charge in [0.05, 0.1) is 15.9 Å². The molecule has 4 bridgehead atoms. The molecule has 37 heavy (non-hydrogen) atoms. The van der Waals surface area contributed by atoms with Gasteiger partial charge >= 0.3 is 11.9 Å². The molecular formula is C28H30IO7S-. The Balaban J connectivity index is 1.42. The molecule has 4 fully saturated rings. The van der Waals surface area contributed by atoms with E-state index in [2.05, 4.69) is 22.6 Å². The van der Waals surface area contributed by atoms with E-state index >= 15 is 0 Å². The van der Waals surface area contributed by atoms with Gasteiger partial charge < -0.3 is 14.0 Å². The van der Waals surface area contributed by atoms with Crippen LogP contribution in [0.4, 0.5) is 0 Å². The number of aryl methyl sites for hydroxylation is 1. The Morgan fingerprint density at radius 2 is 1.76 bits per heavy atom. The van der Waals surface area contributed by atoms with Crippen molar-refractivity contribution in [3.63, 3.8) is 0 Å². The monoisotopic (exact) mass is 637 g/mol.